The summed E-state index contributed by atoms with van der Waals surface area (Å²) in [5, 5.41) is 13.7. The van der Waals surface area contributed by atoms with Crippen molar-refractivity contribution in [2.24, 2.45) is 0 Å². The van der Waals surface area contributed by atoms with Crippen molar-refractivity contribution in [3.8, 4) is 0 Å². The van der Waals surface area contributed by atoms with Gasteiger partial charge in [0, 0.05) is 18.7 Å². The van der Waals surface area contributed by atoms with E-state index in [1.54, 1.807) is 25.1 Å². The standard InChI is InChI=1S/C20H17N3O4S2/c1-13(18(24)21-12-14-6-3-2-4-7-14)22-19(25)17(29-20(22)28)11-15-8-5-9-16(10-15)23(26)27/h2-11,13H,12H2,1H3,(H,21,24)/b17-11-. The van der Waals surface area contributed by atoms with Crippen LogP contribution in [0.1, 0.15) is 18.1 Å². The fourth-order valence-corrected chi connectivity index (χ4v) is 4.16. The molecule has 0 aromatic heterocycles. The number of benzene rings is 2. The van der Waals surface area contributed by atoms with Crippen LogP contribution in [0.5, 0.6) is 0 Å². The van der Waals surface area contributed by atoms with Crippen LogP contribution < -0.4 is 5.32 Å². The van der Waals surface area contributed by atoms with Crippen LogP contribution in [0.25, 0.3) is 6.08 Å². The van der Waals surface area contributed by atoms with Crippen LogP contribution >= 0.6 is 24.0 Å². The molecule has 2 aromatic carbocycles. The second kappa shape index (κ2) is 8.97. The molecule has 9 heteroatoms. The first kappa shape index (κ1) is 20.7. The summed E-state index contributed by atoms with van der Waals surface area (Å²) < 4.78 is 0.272. The van der Waals surface area contributed by atoms with Crippen LogP contribution in [0.15, 0.2) is 59.5 Å². The van der Waals surface area contributed by atoms with E-state index in [1.807, 2.05) is 30.3 Å². The van der Waals surface area contributed by atoms with Gasteiger partial charge in [-0.1, -0.05) is 66.4 Å². The van der Waals surface area contributed by atoms with E-state index in [2.05, 4.69) is 5.32 Å². The lowest BCUT2D eigenvalue weighted by Crippen LogP contribution is -2.46. The van der Waals surface area contributed by atoms with Gasteiger partial charge in [0.1, 0.15) is 10.4 Å². The molecule has 148 valence electrons. The summed E-state index contributed by atoms with van der Waals surface area (Å²) in [5.74, 6) is -0.712. The number of carbonyl (C=O) groups is 2. The van der Waals surface area contributed by atoms with Gasteiger partial charge in [0.15, 0.2) is 0 Å². The molecule has 2 amide bonds. The number of thioether (sulfide) groups is 1. The molecule has 29 heavy (non-hydrogen) atoms. The van der Waals surface area contributed by atoms with Gasteiger partial charge in [-0.15, -0.1) is 0 Å². The Morgan fingerprint density at radius 1 is 1.28 bits per heavy atom. The number of rotatable bonds is 6. The summed E-state index contributed by atoms with van der Waals surface area (Å²) in [5.41, 5.74) is 1.40. The summed E-state index contributed by atoms with van der Waals surface area (Å²) in [7, 11) is 0. The monoisotopic (exact) mass is 427 g/mol. The van der Waals surface area contributed by atoms with Crippen molar-refractivity contribution >= 4 is 51.9 Å². The molecule has 1 aliphatic heterocycles. The number of hydrogen-bond acceptors (Lipinski definition) is 6. The van der Waals surface area contributed by atoms with E-state index in [1.165, 1.54) is 17.0 Å². The molecule has 0 bridgehead atoms. The molecule has 1 fully saturated rings. The normalized spacial score (nSPS) is 16.2. The molecule has 0 spiro atoms. The quantitative estimate of drug-likeness (QED) is 0.328. The maximum Gasteiger partial charge on any atom is 0.270 e. The maximum absolute atomic E-state index is 12.8. The molecule has 7 nitrogen and oxygen atoms in total. The molecular weight excluding hydrogens is 410 g/mol. The van der Waals surface area contributed by atoms with Gasteiger partial charge < -0.3 is 5.32 Å². The molecule has 1 N–H and O–H groups in total. The molecule has 2 aromatic rings. The van der Waals surface area contributed by atoms with Crippen molar-refractivity contribution in [1.82, 2.24) is 10.2 Å². The summed E-state index contributed by atoms with van der Waals surface area (Å²) >= 11 is 6.36. The van der Waals surface area contributed by atoms with E-state index in [0.29, 0.717) is 17.0 Å². The van der Waals surface area contributed by atoms with Gasteiger partial charge in [-0.25, -0.2) is 0 Å². The van der Waals surface area contributed by atoms with Gasteiger partial charge in [0.05, 0.1) is 9.83 Å². The molecule has 1 heterocycles. The van der Waals surface area contributed by atoms with Crippen LogP contribution in [0.3, 0.4) is 0 Å². The topological polar surface area (TPSA) is 92.6 Å². The average Bonchev–Trinajstić information content (AvgIpc) is 2.99. The minimum absolute atomic E-state index is 0.0668. The molecule has 0 radical (unpaired) electrons. The molecule has 3 rings (SSSR count). The Bertz CT molecular complexity index is 1010. The van der Waals surface area contributed by atoms with E-state index < -0.39 is 16.9 Å². The summed E-state index contributed by atoms with van der Waals surface area (Å²) in [6, 6.07) is 14.6. The maximum atomic E-state index is 12.8. The number of nitrogens with one attached hydrogen (secondary N) is 1. The summed E-state index contributed by atoms with van der Waals surface area (Å²) in [4.78, 5) is 37.3. The summed E-state index contributed by atoms with van der Waals surface area (Å²) in [6.45, 7) is 1.96. The van der Waals surface area contributed by atoms with Crippen molar-refractivity contribution in [3.63, 3.8) is 0 Å². The fourth-order valence-electron chi connectivity index (χ4n) is 2.74. The highest BCUT2D eigenvalue weighted by molar-refractivity contribution is 8.26. The van der Waals surface area contributed by atoms with Crippen LogP contribution in [-0.4, -0.2) is 32.0 Å². The van der Waals surface area contributed by atoms with E-state index in [4.69, 9.17) is 12.2 Å². The number of amides is 2. The van der Waals surface area contributed by atoms with Crippen LogP contribution in [0, 0.1) is 10.1 Å². The highest BCUT2D eigenvalue weighted by Crippen LogP contribution is 2.34. The van der Waals surface area contributed by atoms with Crippen LogP contribution in [0.4, 0.5) is 5.69 Å². The highest BCUT2D eigenvalue weighted by atomic mass is 32.2. The molecule has 0 aliphatic carbocycles. The van der Waals surface area contributed by atoms with Crippen LogP contribution in [-0.2, 0) is 16.1 Å². The Kier molecular flexibility index (Phi) is 6.40. The zero-order valence-electron chi connectivity index (χ0n) is 15.4. The third kappa shape index (κ3) is 4.87. The number of nitrogens with zero attached hydrogens (tertiary/aromatic N) is 2. The molecule has 1 aliphatic rings. The SMILES string of the molecule is CC(C(=O)NCc1ccccc1)N1C(=O)/C(=C/c2cccc([N+](=O)[O-])c2)SC1=S. The fraction of sp³-hybridized carbons (Fsp3) is 0.150. The first-order valence-electron chi connectivity index (χ1n) is 8.70. The van der Waals surface area contributed by atoms with Crippen molar-refractivity contribution in [2.75, 3.05) is 0 Å². The highest BCUT2D eigenvalue weighted by Gasteiger charge is 2.38. The average molecular weight is 428 g/mol. The molecule has 0 saturated carbocycles. The minimum Gasteiger partial charge on any atom is -0.350 e. The summed E-state index contributed by atoms with van der Waals surface area (Å²) in [6.07, 6.45) is 1.54. The Morgan fingerprint density at radius 2 is 2.00 bits per heavy atom. The predicted octanol–water partition coefficient (Wildman–Crippen LogP) is 3.50. The lowest BCUT2D eigenvalue weighted by Gasteiger charge is -2.22. The Morgan fingerprint density at radius 3 is 2.69 bits per heavy atom. The first-order valence-corrected chi connectivity index (χ1v) is 9.92. The second-order valence-electron chi connectivity index (χ2n) is 6.28. The number of non-ortho nitro benzene ring substituents is 1. The van der Waals surface area contributed by atoms with Gasteiger partial charge in [0.25, 0.3) is 11.6 Å². The number of nitro groups is 1. The van der Waals surface area contributed by atoms with E-state index in [-0.39, 0.29) is 15.9 Å². The first-order chi connectivity index (χ1) is 13.9. The smallest absolute Gasteiger partial charge is 0.270 e. The van der Waals surface area contributed by atoms with Gasteiger partial charge in [-0.2, -0.15) is 0 Å². The van der Waals surface area contributed by atoms with Gasteiger partial charge in [0.2, 0.25) is 5.91 Å². The number of thiocarbonyl (C=S) groups is 1. The Hall–Kier alpha value is -3.04. The third-order valence-electron chi connectivity index (χ3n) is 4.28. The molecule has 1 atom stereocenters. The van der Waals surface area contributed by atoms with Crippen LogP contribution in [0.2, 0.25) is 0 Å². The van der Waals surface area contributed by atoms with E-state index in [0.717, 1.165) is 17.3 Å². The minimum atomic E-state index is -0.776. The van der Waals surface area contributed by atoms with E-state index in [9.17, 15) is 19.7 Å². The van der Waals surface area contributed by atoms with Crippen molar-refractivity contribution in [1.29, 1.82) is 0 Å². The zero-order valence-corrected chi connectivity index (χ0v) is 17.0. The third-order valence-corrected chi connectivity index (χ3v) is 5.61. The largest absolute Gasteiger partial charge is 0.350 e. The van der Waals surface area contributed by atoms with Crippen molar-refractivity contribution in [2.45, 2.75) is 19.5 Å². The number of nitro benzene ring substituents is 1. The molecule has 1 unspecified atom stereocenters. The van der Waals surface area contributed by atoms with Gasteiger partial charge >= 0.3 is 0 Å². The van der Waals surface area contributed by atoms with Gasteiger partial charge in [-0.05, 0) is 24.1 Å². The molecule has 1 saturated heterocycles. The van der Waals surface area contributed by atoms with E-state index >= 15 is 0 Å². The number of carbonyl (C=O) groups excluding carboxylic acids is 2. The van der Waals surface area contributed by atoms with Crippen molar-refractivity contribution < 1.29 is 14.5 Å². The van der Waals surface area contributed by atoms with Crippen molar-refractivity contribution in [3.05, 3.63) is 80.7 Å². The lowest BCUT2D eigenvalue weighted by atomic mass is 10.1. The number of hydrogen-bond donors (Lipinski definition) is 1. The Labute approximate surface area is 176 Å². The van der Waals surface area contributed by atoms with Gasteiger partial charge in [-0.3, -0.25) is 24.6 Å². The molecular formula is C20H17N3O4S2. The second-order valence-corrected chi connectivity index (χ2v) is 7.96. The lowest BCUT2D eigenvalue weighted by molar-refractivity contribution is -0.384. The predicted molar refractivity (Wildman–Crippen MR) is 116 cm³/mol. The zero-order chi connectivity index (χ0) is 21.0. The Balaban J connectivity index is 1.71.